The van der Waals surface area contributed by atoms with Gasteiger partial charge in [0, 0.05) is 52.1 Å². The van der Waals surface area contributed by atoms with Crippen molar-refractivity contribution < 1.29 is 19.2 Å². The summed E-state index contributed by atoms with van der Waals surface area (Å²) >= 11 is 0. The third-order valence-electron chi connectivity index (χ3n) is 7.73. The quantitative estimate of drug-likeness (QED) is 0.241. The Hall–Kier alpha value is -3.99. The topological polar surface area (TPSA) is 100 Å². The summed E-state index contributed by atoms with van der Waals surface area (Å²) in [7, 11) is 1.61. The number of rotatable bonds is 12. The summed E-state index contributed by atoms with van der Waals surface area (Å²) in [6.45, 7) is 4.25. The molecule has 1 amide bonds. The summed E-state index contributed by atoms with van der Waals surface area (Å²) in [6.07, 6.45) is 6.05. The van der Waals surface area contributed by atoms with E-state index in [1.807, 2.05) is 29.2 Å². The molecule has 1 N–H and O–H groups in total. The Morgan fingerprint density at radius 2 is 1.63 bits per heavy atom. The van der Waals surface area contributed by atoms with Crippen molar-refractivity contribution in [2.75, 3.05) is 59.7 Å². The Kier molecular flexibility index (Phi) is 9.45. The first-order valence-electron chi connectivity index (χ1n) is 14.1. The molecule has 216 valence electrons. The molecule has 3 aliphatic rings. The standard InChI is InChI=1S/C31H37N5O5/c1-40-22-23-41-21-9-16-35-26-14-8-15-32-27(26)29(30(31(35)37)36(38)39)34-19-17-33(18-20-34)28(24-10-4-2-5-11-24)25-12-6-3-7-13-25/h2-8,10-15,27-28,32H,9,16-23H2,1H3. The van der Waals surface area contributed by atoms with Crippen LogP contribution in [0, 0.1) is 10.1 Å². The Morgan fingerprint density at radius 1 is 0.976 bits per heavy atom. The van der Waals surface area contributed by atoms with Crippen LogP contribution >= 0.6 is 0 Å². The van der Waals surface area contributed by atoms with Gasteiger partial charge in [0.1, 0.15) is 11.7 Å². The number of hydrogen-bond donors (Lipinski definition) is 1. The summed E-state index contributed by atoms with van der Waals surface area (Å²) in [5, 5.41) is 15.7. The first-order valence-corrected chi connectivity index (χ1v) is 14.1. The second kappa shape index (κ2) is 13.6. The molecule has 1 atom stereocenters. The summed E-state index contributed by atoms with van der Waals surface area (Å²) < 4.78 is 10.5. The van der Waals surface area contributed by atoms with Gasteiger partial charge in [-0.15, -0.1) is 0 Å². The van der Waals surface area contributed by atoms with Crippen molar-refractivity contribution in [1.29, 1.82) is 0 Å². The van der Waals surface area contributed by atoms with Crippen molar-refractivity contribution in [3.05, 3.63) is 117 Å². The van der Waals surface area contributed by atoms with E-state index in [4.69, 9.17) is 9.47 Å². The highest BCUT2D eigenvalue weighted by Gasteiger charge is 2.47. The van der Waals surface area contributed by atoms with E-state index >= 15 is 0 Å². The zero-order valence-electron chi connectivity index (χ0n) is 23.4. The van der Waals surface area contributed by atoms with Gasteiger partial charge in [-0.25, -0.2) is 0 Å². The van der Waals surface area contributed by atoms with Gasteiger partial charge < -0.3 is 24.6 Å². The van der Waals surface area contributed by atoms with Crippen LogP contribution in [0.15, 0.2) is 96.1 Å². The molecule has 2 aromatic rings. The largest absolute Gasteiger partial charge is 0.382 e. The van der Waals surface area contributed by atoms with E-state index in [1.54, 1.807) is 13.3 Å². The number of piperazine rings is 1. The van der Waals surface area contributed by atoms with E-state index in [0.29, 0.717) is 64.7 Å². The summed E-state index contributed by atoms with van der Waals surface area (Å²) in [5.41, 5.74) is 3.22. The summed E-state index contributed by atoms with van der Waals surface area (Å²) in [5.74, 6) is -0.574. The maximum atomic E-state index is 13.6. The van der Waals surface area contributed by atoms with Crippen LogP contribution in [0.1, 0.15) is 23.6 Å². The van der Waals surface area contributed by atoms with Gasteiger partial charge in [0.25, 0.3) is 0 Å². The smallest absolute Gasteiger partial charge is 0.355 e. The SMILES string of the molecule is COCCOCCCN1C(=O)C([N+](=O)[O-])=C(N2CCN(C(c3ccccc3)c3ccccc3)CC2)C2NC=CC=C21. The lowest BCUT2D eigenvalue weighted by Crippen LogP contribution is -2.56. The van der Waals surface area contributed by atoms with Crippen LogP contribution in [0.25, 0.3) is 0 Å². The molecule has 0 spiro atoms. The maximum absolute atomic E-state index is 13.6. The second-order valence-corrected chi connectivity index (χ2v) is 10.2. The fraction of sp³-hybridized carbons (Fsp3) is 0.387. The third kappa shape index (κ3) is 6.35. The Labute approximate surface area is 240 Å². The number of hydrogen-bond acceptors (Lipinski definition) is 8. The van der Waals surface area contributed by atoms with Crippen molar-refractivity contribution in [1.82, 2.24) is 20.0 Å². The molecule has 3 aliphatic heterocycles. The number of ether oxygens (including phenoxy) is 2. The average Bonchev–Trinajstić information content (AvgIpc) is 3.01. The van der Waals surface area contributed by atoms with Gasteiger partial charge in [-0.1, -0.05) is 60.7 Å². The normalized spacial score (nSPS) is 19.3. The van der Waals surface area contributed by atoms with Gasteiger partial charge in [0.05, 0.1) is 24.2 Å². The van der Waals surface area contributed by atoms with E-state index in [-0.39, 0.29) is 11.7 Å². The number of benzene rings is 2. The number of amides is 1. The van der Waals surface area contributed by atoms with Crippen LogP contribution in [-0.2, 0) is 14.3 Å². The second-order valence-electron chi connectivity index (χ2n) is 10.2. The molecule has 2 aromatic carbocycles. The molecule has 0 aliphatic carbocycles. The van der Waals surface area contributed by atoms with Crippen LogP contribution < -0.4 is 5.32 Å². The van der Waals surface area contributed by atoms with Gasteiger partial charge >= 0.3 is 11.6 Å². The van der Waals surface area contributed by atoms with E-state index in [2.05, 4.69) is 58.7 Å². The molecule has 0 bridgehead atoms. The number of fused-ring (bicyclic) bond motifs is 1. The fourth-order valence-corrected chi connectivity index (χ4v) is 5.85. The number of allylic oxidation sites excluding steroid dienone is 2. The Bertz CT molecular complexity index is 1250. The maximum Gasteiger partial charge on any atom is 0.355 e. The van der Waals surface area contributed by atoms with Crippen molar-refractivity contribution >= 4 is 5.91 Å². The highest BCUT2D eigenvalue weighted by atomic mass is 16.6. The highest BCUT2D eigenvalue weighted by Crippen LogP contribution is 2.35. The van der Waals surface area contributed by atoms with E-state index in [1.165, 1.54) is 16.0 Å². The van der Waals surface area contributed by atoms with Crippen LogP contribution in [0.5, 0.6) is 0 Å². The van der Waals surface area contributed by atoms with Gasteiger partial charge in [0.15, 0.2) is 0 Å². The minimum absolute atomic E-state index is 0.0734. The molecular weight excluding hydrogens is 522 g/mol. The van der Waals surface area contributed by atoms with Crippen LogP contribution in [-0.4, -0.2) is 91.2 Å². The molecule has 1 fully saturated rings. The molecule has 0 aromatic heterocycles. The molecule has 10 nitrogen and oxygen atoms in total. The van der Waals surface area contributed by atoms with Gasteiger partial charge in [-0.3, -0.25) is 19.8 Å². The van der Waals surface area contributed by atoms with Crippen molar-refractivity contribution in [3.63, 3.8) is 0 Å². The van der Waals surface area contributed by atoms with Crippen LogP contribution in [0.2, 0.25) is 0 Å². The van der Waals surface area contributed by atoms with Crippen molar-refractivity contribution in [3.8, 4) is 0 Å². The number of carbonyl (C=O) groups is 1. The lowest BCUT2D eigenvalue weighted by Gasteiger charge is -2.45. The fourth-order valence-electron chi connectivity index (χ4n) is 5.85. The molecular formula is C31H37N5O5. The minimum atomic E-state index is -0.574. The first-order chi connectivity index (χ1) is 20.1. The number of nitrogens with one attached hydrogen (secondary N) is 1. The number of dihydropyridines is 1. The zero-order chi connectivity index (χ0) is 28.6. The highest BCUT2D eigenvalue weighted by molar-refractivity contribution is 5.95. The van der Waals surface area contributed by atoms with Gasteiger partial charge in [-0.05, 0) is 35.9 Å². The molecule has 1 saturated heterocycles. The van der Waals surface area contributed by atoms with Crippen LogP contribution in [0.3, 0.4) is 0 Å². The summed E-state index contributed by atoms with van der Waals surface area (Å²) in [6, 6.07) is 20.4. The number of methoxy groups -OCH3 is 1. The lowest BCUT2D eigenvalue weighted by atomic mass is 9.95. The monoisotopic (exact) mass is 559 g/mol. The molecule has 41 heavy (non-hydrogen) atoms. The van der Waals surface area contributed by atoms with Crippen LogP contribution in [0.4, 0.5) is 0 Å². The van der Waals surface area contributed by atoms with E-state index in [9.17, 15) is 14.9 Å². The molecule has 3 heterocycles. The zero-order valence-corrected chi connectivity index (χ0v) is 23.4. The van der Waals surface area contributed by atoms with Crippen molar-refractivity contribution in [2.24, 2.45) is 0 Å². The van der Waals surface area contributed by atoms with E-state index < -0.39 is 16.9 Å². The molecule has 10 heteroatoms. The first kappa shape index (κ1) is 28.5. The minimum Gasteiger partial charge on any atom is -0.382 e. The molecule has 0 radical (unpaired) electrons. The summed E-state index contributed by atoms with van der Waals surface area (Å²) in [4.78, 5) is 31.5. The van der Waals surface area contributed by atoms with Crippen molar-refractivity contribution in [2.45, 2.75) is 18.5 Å². The predicted molar refractivity (Wildman–Crippen MR) is 155 cm³/mol. The molecule has 0 saturated carbocycles. The lowest BCUT2D eigenvalue weighted by molar-refractivity contribution is -0.423. The Morgan fingerprint density at radius 3 is 2.24 bits per heavy atom. The van der Waals surface area contributed by atoms with Gasteiger partial charge in [-0.2, -0.15) is 0 Å². The number of nitro groups is 1. The molecule has 5 rings (SSSR count). The van der Waals surface area contributed by atoms with E-state index in [0.717, 1.165) is 5.70 Å². The average molecular weight is 560 g/mol. The Balaban J connectivity index is 1.36. The number of nitrogens with zero attached hydrogens (tertiary/aromatic N) is 4. The predicted octanol–water partition coefficient (Wildman–Crippen LogP) is 3.15. The molecule has 1 unspecified atom stereocenters. The third-order valence-corrected chi connectivity index (χ3v) is 7.73. The van der Waals surface area contributed by atoms with Gasteiger partial charge in [0.2, 0.25) is 0 Å². The number of carbonyl (C=O) groups excluding carboxylic acids is 1.